The number of unbranched alkanes of at least 4 members (excludes halogenated alkanes) is 1. The highest BCUT2D eigenvalue weighted by Gasteiger charge is 2.44. The Balaban J connectivity index is 0.000000437. The number of fused-ring (bicyclic) bond motifs is 2. The first-order valence-electron chi connectivity index (χ1n) is 43.1. The summed E-state index contributed by atoms with van der Waals surface area (Å²) >= 11 is 0. The number of nitrogens with one attached hydrogen (secondary N) is 7. The average molecular weight is 1720 g/mol. The van der Waals surface area contributed by atoms with E-state index in [9.17, 15) is 57.8 Å². The molecule has 12 atom stereocenters. The zero-order chi connectivity index (χ0) is 90.7. The van der Waals surface area contributed by atoms with Crippen LogP contribution in [0.1, 0.15) is 179 Å². The molecular formula is C92H138N12O19. The summed E-state index contributed by atoms with van der Waals surface area (Å²) in [5.74, 6) is 2.21. The third-order valence-electron chi connectivity index (χ3n) is 22.1. The molecule has 31 nitrogen and oxygen atoms in total. The summed E-state index contributed by atoms with van der Waals surface area (Å²) < 4.78 is 39.6. The minimum Gasteiger partial charge on any atom is -0.445 e. The van der Waals surface area contributed by atoms with Crippen molar-refractivity contribution < 1.29 is 91.0 Å². The number of hydrogen-bond donors (Lipinski definition) is 9. The van der Waals surface area contributed by atoms with E-state index in [2.05, 4.69) is 49.1 Å². The molecule has 1 saturated heterocycles. The standard InChI is InChI=1S/C48H75N5O9.C44H63N7O10/c1-14-32(7)42(51(10)47(58)40(29(2)3)50-46(57)41(30(4)5)52(11)48(59)62-28-35-24-22-31(6)23-25-35)38(60-12)27-39(54)53-26-18-21-37(53)44(61-13)33(8)45(56)49-34(9)43(55)36-19-16-15-17-20-36;1-32(2)41(43(56)49-36(42(55)46-3)14-10-21-48-44(45)57)50-39(53)20-23-58-25-27-60-29-30-61-28-26-59-24-22-47-38(52)16-8-9-17-40(54)51-31-35-13-5-4-11-33(35)18-19-34-12-6-7-15-37(34)51/h15-17,19-20,22-25,29-30,32-34,37-38,40-44,55H,14,18,21,26-28H2,1-13H3,(H,49,56)(H,50,57);4-7,11-13,15,32,36,41H,8-10,14,16-17,20-31H2,1-3H3,(H,46,55)(H,47,52)(H,49,56)(H,50,53)(H3,45,48,57)/t32?,33-,34-,37+,38-,40+,41+,42+,43-,44-;36?,41-/m10/s1. The Hall–Kier alpha value is -10.1. The van der Waals surface area contributed by atoms with Crippen LogP contribution in [0, 0.1) is 48.4 Å². The lowest BCUT2D eigenvalue weighted by Crippen LogP contribution is -2.60. The highest BCUT2D eigenvalue weighted by molar-refractivity contribution is 5.96. The predicted octanol–water partition coefficient (Wildman–Crippen LogP) is 7.77. The molecule has 0 spiro atoms. The first kappa shape index (κ1) is 103. The van der Waals surface area contributed by atoms with E-state index in [1.807, 2.05) is 152 Å². The van der Waals surface area contributed by atoms with E-state index < -0.39 is 90.3 Å². The lowest BCUT2D eigenvalue weighted by atomic mass is 9.89. The van der Waals surface area contributed by atoms with Gasteiger partial charge in [0.15, 0.2) is 0 Å². The van der Waals surface area contributed by atoms with Crippen LogP contribution in [-0.4, -0.2) is 247 Å². The number of para-hydroxylation sites is 1. The molecule has 6 rings (SSSR count). The smallest absolute Gasteiger partial charge is 0.410 e. The van der Waals surface area contributed by atoms with Gasteiger partial charge in [-0.2, -0.15) is 0 Å². The fourth-order valence-corrected chi connectivity index (χ4v) is 14.8. The fourth-order valence-electron chi connectivity index (χ4n) is 14.8. The van der Waals surface area contributed by atoms with Gasteiger partial charge in [0, 0.05) is 85.4 Å². The quantitative estimate of drug-likeness (QED) is 0.0150. The van der Waals surface area contributed by atoms with Gasteiger partial charge in [-0.3, -0.25) is 48.1 Å². The molecule has 2 aliphatic heterocycles. The van der Waals surface area contributed by atoms with Gasteiger partial charge in [-0.25, -0.2) is 9.59 Å². The number of anilines is 1. The minimum atomic E-state index is -0.944. The van der Waals surface area contributed by atoms with Crippen LogP contribution >= 0.6 is 0 Å². The number of nitrogens with zero attached hydrogens (tertiary/aromatic N) is 4. The average Bonchev–Trinajstić information content (AvgIpc) is 1.76. The monoisotopic (exact) mass is 1720 g/mol. The summed E-state index contributed by atoms with van der Waals surface area (Å²) in [5.41, 5.74) is 11.2. The maximum atomic E-state index is 14.5. The van der Waals surface area contributed by atoms with Gasteiger partial charge in [0.25, 0.3) is 0 Å². The van der Waals surface area contributed by atoms with Crippen LogP contribution in [0.25, 0.3) is 0 Å². The lowest BCUT2D eigenvalue weighted by Gasteiger charge is -2.41. The molecule has 31 heteroatoms. The van der Waals surface area contributed by atoms with Gasteiger partial charge in [0.2, 0.25) is 53.2 Å². The van der Waals surface area contributed by atoms with Crippen LogP contribution < -0.4 is 47.9 Å². The van der Waals surface area contributed by atoms with E-state index in [4.69, 9.17) is 38.9 Å². The number of carbonyl (C=O) groups excluding carboxylic acids is 11. The van der Waals surface area contributed by atoms with E-state index in [1.165, 1.54) is 26.1 Å². The maximum Gasteiger partial charge on any atom is 0.410 e. The second-order valence-electron chi connectivity index (χ2n) is 32.4. The molecule has 123 heavy (non-hydrogen) atoms. The lowest BCUT2D eigenvalue weighted by molar-refractivity contribution is -0.148. The van der Waals surface area contributed by atoms with Crippen LogP contribution in [0.4, 0.5) is 15.3 Å². The van der Waals surface area contributed by atoms with Crippen molar-refractivity contribution in [2.24, 2.45) is 35.3 Å². The van der Waals surface area contributed by atoms with E-state index in [0.717, 1.165) is 39.9 Å². The molecule has 680 valence electrons. The third kappa shape index (κ3) is 34.5. The molecule has 0 saturated carbocycles. The first-order valence-corrected chi connectivity index (χ1v) is 43.1. The SMILES string of the molecule is CCC(C)[C@@H]([C@@H](CC(=O)N1CCC[C@H]1[C@H](OC)[C@@H](C)C(=O)N[C@H](C)[C@@H](O)c1ccccc1)OC)N(C)C(=O)[C@@H](NC(=O)[C@H](C(C)C)N(C)C(=O)OCc1ccc(C)cc1)C(C)C.CNC(=O)C(CCCNC(N)=O)NC(=O)[C@@H](NC(=O)CCOCCOCCOCCOCCNC(=O)CCCCC(=O)N1Cc2ccccc2C#Cc2ccccc21)C(C)C. The van der Waals surface area contributed by atoms with Crippen molar-refractivity contribution in [2.45, 2.75) is 221 Å². The normalized spacial score (nSPS) is 15.6. The molecule has 0 aliphatic carbocycles. The number of nitrogens with two attached hydrogens (primary N) is 1. The molecule has 10 N–H and O–H groups in total. The van der Waals surface area contributed by atoms with Crippen molar-refractivity contribution in [2.75, 3.05) is 113 Å². The van der Waals surface area contributed by atoms with E-state index in [0.29, 0.717) is 110 Å². The molecule has 1 fully saturated rings. The summed E-state index contributed by atoms with van der Waals surface area (Å²) in [6.45, 7) is 24.6. The molecule has 2 heterocycles. The molecule has 2 aliphatic rings. The number of primary amides is 1. The number of methoxy groups -OCH3 is 2. The summed E-state index contributed by atoms with van der Waals surface area (Å²) in [5, 5.41) is 30.0. The number of aliphatic hydroxyl groups is 1. The van der Waals surface area contributed by atoms with Crippen molar-refractivity contribution in [3.8, 4) is 11.8 Å². The Kier molecular flexibility index (Phi) is 46.5. The summed E-state index contributed by atoms with van der Waals surface area (Å²) in [4.78, 5) is 150. The van der Waals surface area contributed by atoms with Crippen LogP contribution in [0.15, 0.2) is 103 Å². The van der Waals surface area contributed by atoms with Crippen molar-refractivity contribution in [3.63, 3.8) is 0 Å². The first-order chi connectivity index (χ1) is 58.8. The zero-order valence-electron chi connectivity index (χ0n) is 75.1. The van der Waals surface area contributed by atoms with Gasteiger partial charge in [-0.05, 0) is 111 Å². The number of ether oxygens (including phenoxy) is 7. The zero-order valence-corrected chi connectivity index (χ0v) is 75.1. The number of benzene rings is 4. The van der Waals surface area contributed by atoms with Gasteiger partial charge in [0.1, 0.15) is 30.8 Å². The van der Waals surface area contributed by atoms with Gasteiger partial charge in [-0.1, -0.05) is 171 Å². The van der Waals surface area contributed by atoms with Crippen LogP contribution in [0.2, 0.25) is 0 Å². The number of urea groups is 1. The van der Waals surface area contributed by atoms with Gasteiger partial charge < -0.3 is 95.9 Å². The number of likely N-dealkylation sites (N-methyl/N-ethyl adjacent to an activating group) is 3. The Morgan fingerprint density at radius 3 is 1.80 bits per heavy atom. The van der Waals surface area contributed by atoms with Gasteiger partial charge >= 0.3 is 12.1 Å². The van der Waals surface area contributed by atoms with Crippen LogP contribution in [-0.2, 0) is 89.5 Å². The van der Waals surface area contributed by atoms with Gasteiger partial charge in [-0.15, -0.1) is 0 Å². The Morgan fingerprint density at radius 2 is 1.20 bits per heavy atom. The predicted molar refractivity (Wildman–Crippen MR) is 469 cm³/mol. The number of aryl methyl sites for hydroxylation is 1. The van der Waals surface area contributed by atoms with Crippen molar-refractivity contribution in [1.29, 1.82) is 0 Å². The van der Waals surface area contributed by atoms with E-state index in [-0.39, 0.29) is 111 Å². The largest absolute Gasteiger partial charge is 0.445 e. The molecule has 0 bridgehead atoms. The molecular weight excluding hydrogens is 1580 g/mol. The summed E-state index contributed by atoms with van der Waals surface area (Å²) in [6.07, 6.45) is 1.71. The van der Waals surface area contributed by atoms with E-state index in [1.54, 1.807) is 56.6 Å². The fraction of sp³-hybridized carbons (Fsp3) is 0.598. The Morgan fingerprint density at radius 1 is 0.593 bits per heavy atom. The highest BCUT2D eigenvalue weighted by Crippen LogP contribution is 2.32. The number of aliphatic hydroxyl groups excluding tert-OH is 1. The number of amides is 12. The molecule has 0 aromatic heterocycles. The van der Waals surface area contributed by atoms with Crippen molar-refractivity contribution in [3.05, 3.63) is 137 Å². The topological polar surface area (TPSA) is 396 Å². The number of carbonyl (C=O) groups is 11. The van der Waals surface area contributed by atoms with Crippen LogP contribution in [0.3, 0.4) is 0 Å². The minimum absolute atomic E-state index is 0.00208. The molecule has 4 aromatic carbocycles. The molecule has 2 unspecified atom stereocenters. The number of likely N-dealkylation sites (tertiary alicyclic amines) is 1. The van der Waals surface area contributed by atoms with E-state index >= 15 is 0 Å². The van der Waals surface area contributed by atoms with Crippen molar-refractivity contribution >= 4 is 71.0 Å². The summed E-state index contributed by atoms with van der Waals surface area (Å²) in [7, 11) is 7.73. The highest BCUT2D eigenvalue weighted by atomic mass is 16.6. The number of rotatable bonds is 51. The summed E-state index contributed by atoms with van der Waals surface area (Å²) in [6, 6.07) is 26.6. The Bertz CT molecular complexity index is 4030. The molecule has 0 radical (unpaired) electrons. The Labute approximate surface area is 727 Å². The van der Waals surface area contributed by atoms with Crippen LogP contribution in [0.5, 0.6) is 0 Å². The van der Waals surface area contributed by atoms with Crippen molar-refractivity contribution in [1.82, 2.24) is 51.9 Å². The molecule has 4 aromatic rings. The number of hydrogen-bond acceptors (Lipinski definition) is 19. The maximum absolute atomic E-state index is 14.5. The third-order valence-corrected chi connectivity index (χ3v) is 22.1. The second-order valence-corrected chi connectivity index (χ2v) is 32.4. The van der Waals surface area contributed by atoms with Gasteiger partial charge in [0.05, 0.1) is 114 Å². The second kappa shape index (κ2) is 55.2. The molecule has 12 amide bonds.